The third-order valence-electron chi connectivity index (χ3n) is 2.57. The smallest absolute Gasteiger partial charge is 0.318 e. The molecule has 7 heteroatoms. The first-order valence-electron chi connectivity index (χ1n) is 5.29. The summed E-state index contributed by atoms with van der Waals surface area (Å²) in [4.78, 5) is 12.3. The van der Waals surface area contributed by atoms with E-state index in [-0.39, 0.29) is 17.5 Å². The zero-order chi connectivity index (χ0) is 12.2. The summed E-state index contributed by atoms with van der Waals surface area (Å²) >= 11 is 3.96. The summed E-state index contributed by atoms with van der Waals surface area (Å²) in [6.45, 7) is 3.87. The van der Waals surface area contributed by atoms with Crippen LogP contribution < -0.4 is 4.90 Å². The third-order valence-corrected chi connectivity index (χ3v) is 4.44. The minimum absolute atomic E-state index is 0.235. The van der Waals surface area contributed by atoms with Crippen molar-refractivity contribution < 1.29 is 22.8 Å². The van der Waals surface area contributed by atoms with E-state index in [9.17, 15) is 13.2 Å². The van der Waals surface area contributed by atoms with Crippen molar-refractivity contribution in [2.75, 3.05) is 37.7 Å². The second kappa shape index (κ2) is 5.88. The molecule has 0 aromatic heterocycles. The minimum atomic E-state index is -2.81. The molecule has 1 aliphatic heterocycles. The standard InChI is InChI=1S/C9H17NO4S2/c1-8(15)9(11)14-5-2-10-3-6-16(12,13)7-4-10/h8,15H,2-7H2,1H3/p+1. The van der Waals surface area contributed by atoms with E-state index in [1.807, 2.05) is 0 Å². The highest BCUT2D eigenvalue weighted by Gasteiger charge is 2.24. The molecule has 1 rings (SSSR count). The van der Waals surface area contributed by atoms with Crippen LogP contribution in [0, 0.1) is 0 Å². The molecule has 94 valence electrons. The number of rotatable bonds is 4. The molecule has 0 aliphatic carbocycles. The summed E-state index contributed by atoms with van der Waals surface area (Å²) in [5, 5.41) is -0.406. The summed E-state index contributed by atoms with van der Waals surface area (Å²) in [7, 11) is -2.81. The average Bonchev–Trinajstić information content (AvgIpc) is 2.20. The molecule has 1 unspecified atom stereocenters. The van der Waals surface area contributed by atoms with Crippen LogP contribution in [0.5, 0.6) is 0 Å². The Labute approximate surface area is 101 Å². The van der Waals surface area contributed by atoms with Gasteiger partial charge in [0.05, 0.1) is 29.8 Å². The Morgan fingerprint density at radius 2 is 2.00 bits per heavy atom. The van der Waals surface area contributed by atoms with Gasteiger partial charge in [0.25, 0.3) is 0 Å². The van der Waals surface area contributed by atoms with Crippen LogP contribution in [0.25, 0.3) is 0 Å². The van der Waals surface area contributed by atoms with Crippen molar-refractivity contribution >= 4 is 28.4 Å². The van der Waals surface area contributed by atoms with Gasteiger partial charge in [-0.2, -0.15) is 12.6 Å². The van der Waals surface area contributed by atoms with Gasteiger partial charge in [0, 0.05) is 0 Å². The second-order valence-corrected chi connectivity index (χ2v) is 7.07. The fraction of sp³-hybridized carbons (Fsp3) is 0.889. The predicted molar refractivity (Wildman–Crippen MR) is 63.6 cm³/mol. The molecule has 0 radical (unpaired) electrons. The molecule has 0 aromatic carbocycles. The number of ether oxygens (including phenoxy) is 1. The van der Waals surface area contributed by atoms with Gasteiger partial charge in [0.2, 0.25) is 0 Å². The quantitative estimate of drug-likeness (QED) is 0.465. The number of carbonyl (C=O) groups is 1. The molecule has 0 saturated carbocycles. The van der Waals surface area contributed by atoms with Crippen molar-refractivity contribution in [1.29, 1.82) is 0 Å². The van der Waals surface area contributed by atoms with Gasteiger partial charge in [-0.1, -0.05) is 0 Å². The lowest BCUT2D eigenvalue weighted by Gasteiger charge is -2.23. The lowest BCUT2D eigenvalue weighted by Crippen LogP contribution is -3.14. The van der Waals surface area contributed by atoms with Crippen molar-refractivity contribution in [3.63, 3.8) is 0 Å². The summed E-state index contributed by atoms with van der Waals surface area (Å²) in [5.74, 6) is 0.144. The van der Waals surface area contributed by atoms with Gasteiger partial charge in [0.15, 0.2) is 9.84 Å². The predicted octanol–water partition coefficient (Wildman–Crippen LogP) is -1.84. The molecule has 0 aromatic rings. The van der Waals surface area contributed by atoms with Gasteiger partial charge >= 0.3 is 5.97 Å². The van der Waals surface area contributed by atoms with Crippen molar-refractivity contribution in [3.05, 3.63) is 0 Å². The highest BCUT2D eigenvalue weighted by molar-refractivity contribution is 7.91. The highest BCUT2D eigenvalue weighted by Crippen LogP contribution is 1.95. The number of hydrogen-bond donors (Lipinski definition) is 2. The van der Waals surface area contributed by atoms with E-state index in [0.29, 0.717) is 26.2 Å². The molecular weight excluding hydrogens is 250 g/mol. The normalized spacial score (nSPS) is 22.6. The second-order valence-electron chi connectivity index (χ2n) is 4.00. The number of carbonyl (C=O) groups excluding carboxylic acids is 1. The molecule has 0 spiro atoms. The van der Waals surface area contributed by atoms with Crippen LogP contribution in [0.4, 0.5) is 0 Å². The van der Waals surface area contributed by atoms with Crippen molar-refractivity contribution in [2.45, 2.75) is 12.2 Å². The Hall–Kier alpha value is -0.270. The van der Waals surface area contributed by atoms with Gasteiger partial charge in [-0.15, -0.1) is 0 Å². The van der Waals surface area contributed by atoms with Gasteiger partial charge < -0.3 is 9.64 Å². The number of hydrogen-bond acceptors (Lipinski definition) is 5. The van der Waals surface area contributed by atoms with Gasteiger partial charge in [-0.25, -0.2) is 8.42 Å². The maximum Gasteiger partial charge on any atom is 0.318 e. The van der Waals surface area contributed by atoms with E-state index in [0.717, 1.165) is 0 Å². The fourth-order valence-corrected chi connectivity index (χ4v) is 2.97. The molecule has 1 atom stereocenters. The fourth-order valence-electron chi connectivity index (χ4n) is 1.49. The first-order valence-corrected chi connectivity index (χ1v) is 7.63. The Balaban J connectivity index is 2.18. The van der Waals surface area contributed by atoms with Crippen LogP contribution in [-0.2, 0) is 19.4 Å². The maximum absolute atomic E-state index is 11.2. The Morgan fingerprint density at radius 1 is 1.44 bits per heavy atom. The molecule has 5 nitrogen and oxygen atoms in total. The van der Waals surface area contributed by atoms with E-state index < -0.39 is 15.1 Å². The molecular formula is C9H18NO4S2+. The van der Waals surface area contributed by atoms with E-state index in [1.165, 1.54) is 4.90 Å². The molecule has 0 amide bonds. The van der Waals surface area contributed by atoms with Gasteiger partial charge in [-0.3, -0.25) is 4.79 Å². The highest BCUT2D eigenvalue weighted by atomic mass is 32.2. The van der Waals surface area contributed by atoms with Crippen LogP contribution in [0.15, 0.2) is 0 Å². The SMILES string of the molecule is CC(S)C(=O)OCC[NH+]1CCS(=O)(=O)CC1. The minimum Gasteiger partial charge on any atom is -0.459 e. The molecule has 0 bridgehead atoms. The van der Waals surface area contributed by atoms with Gasteiger partial charge in [-0.05, 0) is 6.92 Å². The first-order chi connectivity index (χ1) is 7.41. The first kappa shape index (κ1) is 13.8. The summed E-state index contributed by atoms with van der Waals surface area (Å²) in [6.07, 6.45) is 0. The maximum atomic E-state index is 11.2. The number of nitrogens with one attached hydrogen (secondary N) is 1. The van der Waals surface area contributed by atoms with Crippen LogP contribution in [0.2, 0.25) is 0 Å². The van der Waals surface area contributed by atoms with E-state index in [1.54, 1.807) is 6.92 Å². The molecule has 1 heterocycles. The number of thiol groups is 1. The Morgan fingerprint density at radius 3 is 2.50 bits per heavy atom. The van der Waals surface area contributed by atoms with Gasteiger partial charge in [0.1, 0.15) is 13.2 Å². The zero-order valence-electron chi connectivity index (χ0n) is 9.31. The number of sulfone groups is 1. The number of esters is 1. The summed E-state index contributed by atoms with van der Waals surface area (Å²) < 4.78 is 27.3. The van der Waals surface area contributed by atoms with Crippen LogP contribution >= 0.6 is 12.6 Å². The summed E-state index contributed by atoms with van der Waals surface area (Å²) in [6, 6.07) is 0. The average molecular weight is 268 g/mol. The Bertz CT molecular complexity index is 325. The molecule has 1 N–H and O–H groups in total. The van der Waals surface area contributed by atoms with E-state index in [2.05, 4.69) is 12.6 Å². The van der Waals surface area contributed by atoms with Crippen molar-refractivity contribution in [1.82, 2.24) is 0 Å². The monoisotopic (exact) mass is 268 g/mol. The lowest BCUT2D eigenvalue weighted by atomic mass is 10.4. The van der Waals surface area contributed by atoms with Crippen molar-refractivity contribution in [2.24, 2.45) is 0 Å². The van der Waals surface area contributed by atoms with Crippen LogP contribution in [0.1, 0.15) is 6.92 Å². The third kappa shape index (κ3) is 4.71. The van der Waals surface area contributed by atoms with Crippen LogP contribution in [-0.4, -0.2) is 57.4 Å². The van der Waals surface area contributed by atoms with Crippen LogP contribution in [0.3, 0.4) is 0 Å². The molecule has 16 heavy (non-hydrogen) atoms. The largest absolute Gasteiger partial charge is 0.459 e. The molecule has 1 fully saturated rings. The summed E-state index contributed by atoms with van der Waals surface area (Å²) in [5.41, 5.74) is 0. The topological polar surface area (TPSA) is 64.9 Å². The molecule has 1 saturated heterocycles. The zero-order valence-corrected chi connectivity index (χ0v) is 11.0. The lowest BCUT2D eigenvalue weighted by molar-refractivity contribution is -0.896. The Kier molecular flexibility index (Phi) is 5.07. The number of quaternary nitrogens is 1. The van der Waals surface area contributed by atoms with Crippen molar-refractivity contribution in [3.8, 4) is 0 Å². The van der Waals surface area contributed by atoms with E-state index >= 15 is 0 Å². The molecule has 1 aliphatic rings. The van der Waals surface area contributed by atoms with E-state index in [4.69, 9.17) is 4.74 Å².